The molecule has 0 aliphatic carbocycles. The van der Waals surface area contributed by atoms with Gasteiger partial charge in [0.25, 0.3) is 0 Å². The predicted molar refractivity (Wildman–Crippen MR) is 101 cm³/mol. The molecule has 1 N–H and O–H groups in total. The highest BCUT2D eigenvalue weighted by atomic mass is 35.5. The summed E-state index contributed by atoms with van der Waals surface area (Å²) in [6, 6.07) is 16.4. The molecule has 6 heteroatoms. The smallest absolute Gasteiger partial charge is 0.226 e. The zero-order chi connectivity index (χ0) is 17.6. The third-order valence-electron chi connectivity index (χ3n) is 3.57. The first-order valence-electron chi connectivity index (χ1n) is 7.71. The Hall–Kier alpha value is -2.50. The molecule has 25 heavy (non-hydrogen) atoms. The van der Waals surface area contributed by atoms with E-state index in [4.69, 9.17) is 11.6 Å². The first-order chi connectivity index (χ1) is 12.1. The molecule has 4 nitrogen and oxygen atoms in total. The first kappa shape index (κ1) is 17.3. The normalized spacial score (nSPS) is 10.4. The summed E-state index contributed by atoms with van der Waals surface area (Å²) in [5.41, 5.74) is 2.37. The van der Waals surface area contributed by atoms with Crippen molar-refractivity contribution in [3.63, 3.8) is 0 Å². The number of carbonyl (C=O) groups excluding carboxylic acids is 2. The van der Waals surface area contributed by atoms with E-state index in [9.17, 15) is 9.59 Å². The van der Waals surface area contributed by atoms with Gasteiger partial charge in [0.15, 0.2) is 10.9 Å². The van der Waals surface area contributed by atoms with E-state index in [1.165, 1.54) is 11.3 Å². The second-order valence-corrected chi connectivity index (χ2v) is 6.68. The van der Waals surface area contributed by atoms with E-state index >= 15 is 0 Å². The van der Waals surface area contributed by atoms with Gasteiger partial charge in [-0.05, 0) is 24.3 Å². The molecule has 0 saturated carbocycles. The lowest BCUT2D eigenvalue weighted by atomic mass is 10.1. The second-order valence-electron chi connectivity index (χ2n) is 5.38. The van der Waals surface area contributed by atoms with Gasteiger partial charge in [0.1, 0.15) is 0 Å². The summed E-state index contributed by atoms with van der Waals surface area (Å²) in [4.78, 5) is 28.5. The van der Waals surface area contributed by atoms with E-state index in [-0.39, 0.29) is 24.5 Å². The summed E-state index contributed by atoms with van der Waals surface area (Å²) in [5, 5.41) is 5.74. The SMILES string of the molecule is O=C(CCC(=O)c1ccc(Cl)cc1)Nc1nc(-c2ccccc2)cs1. The molecule has 0 atom stereocenters. The van der Waals surface area contributed by atoms with E-state index in [1.807, 2.05) is 35.7 Å². The van der Waals surface area contributed by atoms with Crippen LogP contribution < -0.4 is 5.32 Å². The Bertz CT molecular complexity index is 876. The number of carbonyl (C=O) groups is 2. The van der Waals surface area contributed by atoms with Gasteiger partial charge in [-0.1, -0.05) is 41.9 Å². The Morgan fingerprint density at radius 1 is 1.00 bits per heavy atom. The summed E-state index contributed by atoms with van der Waals surface area (Å²) in [6.07, 6.45) is 0.256. The van der Waals surface area contributed by atoms with Crippen LogP contribution in [-0.2, 0) is 4.79 Å². The van der Waals surface area contributed by atoms with Crippen LogP contribution in [0.15, 0.2) is 60.0 Å². The Balaban J connectivity index is 1.54. The van der Waals surface area contributed by atoms with E-state index in [1.54, 1.807) is 24.3 Å². The van der Waals surface area contributed by atoms with E-state index < -0.39 is 0 Å². The average Bonchev–Trinajstić information content (AvgIpc) is 3.09. The van der Waals surface area contributed by atoms with Crippen LogP contribution in [0.2, 0.25) is 5.02 Å². The molecule has 0 unspecified atom stereocenters. The Morgan fingerprint density at radius 3 is 2.44 bits per heavy atom. The maximum Gasteiger partial charge on any atom is 0.226 e. The highest BCUT2D eigenvalue weighted by Crippen LogP contribution is 2.24. The summed E-state index contributed by atoms with van der Waals surface area (Å²) >= 11 is 7.16. The van der Waals surface area contributed by atoms with Gasteiger partial charge in [0, 0.05) is 34.4 Å². The van der Waals surface area contributed by atoms with Crippen LogP contribution in [0.1, 0.15) is 23.2 Å². The summed E-state index contributed by atoms with van der Waals surface area (Å²) in [5.74, 6) is -0.313. The minimum Gasteiger partial charge on any atom is -0.302 e. The Labute approximate surface area is 154 Å². The van der Waals surface area contributed by atoms with Crippen molar-refractivity contribution < 1.29 is 9.59 Å². The number of rotatable bonds is 6. The maximum atomic E-state index is 12.1. The van der Waals surface area contributed by atoms with Gasteiger partial charge < -0.3 is 5.32 Å². The van der Waals surface area contributed by atoms with Gasteiger partial charge in [0.2, 0.25) is 5.91 Å². The molecule has 0 aliphatic rings. The van der Waals surface area contributed by atoms with Crippen molar-refractivity contribution in [2.75, 3.05) is 5.32 Å². The van der Waals surface area contributed by atoms with Gasteiger partial charge >= 0.3 is 0 Å². The number of amides is 1. The number of halogens is 1. The average molecular weight is 371 g/mol. The van der Waals surface area contributed by atoms with Gasteiger partial charge in [-0.15, -0.1) is 11.3 Å². The van der Waals surface area contributed by atoms with Crippen LogP contribution >= 0.6 is 22.9 Å². The van der Waals surface area contributed by atoms with Crippen LogP contribution in [-0.4, -0.2) is 16.7 Å². The van der Waals surface area contributed by atoms with Gasteiger partial charge in [-0.25, -0.2) is 4.98 Å². The number of anilines is 1. The molecule has 0 aliphatic heterocycles. The number of hydrogen-bond acceptors (Lipinski definition) is 4. The second kappa shape index (κ2) is 8.05. The van der Waals surface area contributed by atoms with Crippen molar-refractivity contribution in [2.45, 2.75) is 12.8 Å². The fourth-order valence-corrected chi connectivity index (χ4v) is 3.12. The molecule has 3 aromatic rings. The number of Topliss-reactive ketones (excluding diaryl/α,β-unsaturated/α-hetero) is 1. The molecule has 2 aromatic carbocycles. The number of aromatic nitrogens is 1. The van der Waals surface area contributed by atoms with Crippen LogP contribution in [0, 0.1) is 0 Å². The highest BCUT2D eigenvalue weighted by molar-refractivity contribution is 7.14. The number of benzene rings is 2. The predicted octanol–water partition coefficient (Wildman–Crippen LogP) is 5.07. The standard InChI is InChI=1S/C19H15ClN2O2S/c20-15-8-6-14(7-9-15)17(23)10-11-18(24)22-19-21-16(12-25-19)13-4-2-1-3-5-13/h1-9,12H,10-11H2,(H,21,22,24). The van der Waals surface area contributed by atoms with Crippen molar-refractivity contribution in [1.82, 2.24) is 4.98 Å². The molecule has 0 radical (unpaired) electrons. The Kier molecular flexibility index (Phi) is 5.58. The van der Waals surface area contributed by atoms with Gasteiger partial charge in [0.05, 0.1) is 5.69 Å². The molecule has 1 heterocycles. The molecule has 1 aromatic heterocycles. The summed E-state index contributed by atoms with van der Waals surface area (Å²) < 4.78 is 0. The molecule has 126 valence electrons. The summed E-state index contributed by atoms with van der Waals surface area (Å²) in [6.45, 7) is 0. The highest BCUT2D eigenvalue weighted by Gasteiger charge is 2.11. The zero-order valence-electron chi connectivity index (χ0n) is 13.2. The van der Waals surface area contributed by atoms with Crippen LogP contribution in [0.5, 0.6) is 0 Å². The van der Waals surface area contributed by atoms with E-state index in [0.29, 0.717) is 15.7 Å². The zero-order valence-corrected chi connectivity index (χ0v) is 14.8. The molecule has 1 amide bonds. The lowest BCUT2D eigenvalue weighted by molar-refractivity contribution is -0.116. The quantitative estimate of drug-likeness (QED) is 0.616. The van der Waals surface area contributed by atoms with Gasteiger partial charge in [-0.2, -0.15) is 0 Å². The molecule has 0 bridgehead atoms. The monoisotopic (exact) mass is 370 g/mol. The number of ketones is 1. The van der Waals surface area contributed by atoms with Crippen LogP contribution in [0.25, 0.3) is 11.3 Å². The fraction of sp³-hybridized carbons (Fsp3) is 0.105. The molecular formula is C19H15ClN2O2S. The van der Waals surface area contributed by atoms with Crippen LogP contribution in [0.3, 0.4) is 0 Å². The molecular weight excluding hydrogens is 356 g/mol. The van der Waals surface area contributed by atoms with E-state index in [0.717, 1.165) is 11.3 Å². The number of nitrogens with one attached hydrogen (secondary N) is 1. The van der Waals surface area contributed by atoms with Crippen molar-refractivity contribution in [1.29, 1.82) is 0 Å². The Morgan fingerprint density at radius 2 is 1.72 bits per heavy atom. The lowest BCUT2D eigenvalue weighted by Crippen LogP contribution is -2.13. The molecule has 0 spiro atoms. The number of thiazole rings is 1. The third kappa shape index (κ3) is 4.75. The van der Waals surface area contributed by atoms with Crippen molar-refractivity contribution in [3.05, 3.63) is 70.6 Å². The minimum absolute atomic E-state index is 0.0871. The molecule has 0 fully saturated rings. The largest absolute Gasteiger partial charge is 0.302 e. The topological polar surface area (TPSA) is 59.1 Å². The van der Waals surface area contributed by atoms with Crippen LogP contribution in [0.4, 0.5) is 5.13 Å². The minimum atomic E-state index is -0.226. The lowest BCUT2D eigenvalue weighted by Gasteiger charge is -2.02. The maximum absolute atomic E-state index is 12.1. The van der Waals surface area contributed by atoms with Crippen molar-refractivity contribution >= 4 is 39.8 Å². The van der Waals surface area contributed by atoms with Crippen molar-refractivity contribution in [3.8, 4) is 11.3 Å². The molecule has 0 saturated heterocycles. The first-order valence-corrected chi connectivity index (χ1v) is 8.97. The fourth-order valence-electron chi connectivity index (χ4n) is 2.26. The summed E-state index contributed by atoms with van der Waals surface area (Å²) in [7, 11) is 0. The third-order valence-corrected chi connectivity index (χ3v) is 4.58. The van der Waals surface area contributed by atoms with Gasteiger partial charge in [-0.3, -0.25) is 9.59 Å². The number of hydrogen-bond donors (Lipinski definition) is 1. The van der Waals surface area contributed by atoms with E-state index in [2.05, 4.69) is 10.3 Å². The number of nitrogens with zero attached hydrogens (tertiary/aromatic N) is 1. The van der Waals surface area contributed by atoms with Crippen molar-refractivity contribution in [2.24, 2.45) is 0 Å². The molecule has 3 rings (SSSR count).